The predicted molar refractivity (Wildman–Crippen MR) is 76.3 cm³/mol. The van der Waals surface area contributed by atoms with Crippen molar-refractivity contribution in [2.45, 2.75) is 25.8 Å². The summed E-state index contributed by atoms with van der Waals surface area (Å²) in [6.07, 6.45) is 2.70. The lowest BCUT2D eigenvalue weighted by molar-refractivity contribution is 0.230. The molecule has 3 heterocycles. The third-order valence-electron chi connectivity index (χ3n) is 3.70. The van der Waals surface area contributed by atoms with Crippen molar-refractivity contribution in [1.82, 2.24) is 14.9 Å². The number of fused-ring (bicyclic) bond motifs is 1. The van der Waals surface area contributed by atoms with E-state index in [1.807, 2.05) is 6.92 Å². The number of aromatic nitrogens is 2. The van der Waals surface area contributed by atoms with Gasteiger partial charge in [0.15, 0.2) is 0 Å². The molecule has 0 bridgehead atoms. The van der Waals surface area contributed by atoms with E-state index in [1.54, 1.807) is 0 Å². The van der Waals surface area contributed by atoms with Gasteiger partial charge in [-0.1, -0.05) is 0 Å². The average Bonchev–Trinajstić information content (AvgIpc) is 2.74. The molecule has 0 unspecified atom stereocenters. The van der Waals surface area contributed by atoms with Crippen molar-refractivity contribution < 1.29 is 0 Å². The fourth-order valence-electron chi connectivity index (χ4n) is 2.88. The fraction of sp³-hybridized carbons (Fsp3) is 0.667. The number of nitrogens with zero attached hydrogens (tertiary/aromatic N) is 4. The molecule has 2 saturated heterocycles. The Morgan fingerprint density at radius 2 is 2.18 bits per heavy atom. The van der Waals surface area contributed by atoms with E-state index < -0.39 is 0 Å². The van der Waals surface area contributed by atoms with Gasteiger partial charge in [0.05, 0.1) is 0 Å². The maximum atomic E-state index is 4.56. The number of piperazine rings is 1. The van der Waals surface area contributed by atoms with Crippen LogP contribution in [0.25, 0.3) is 0 Å². The predicted octanol–water partition coefficient (Wildman–Crippen LogP) is 1.67. The summed E-state index contributed by atoms with van der Waals surface area (Å²) >= 11 is 2.27. The summed E-state index contributed by atoms with van der Waals surface area (Å²) in [5, 5.41) is 0. The molecule has 17 heavy (non-hydrogen) atoms. The first-order valence-corrected chi connectivity index (χ1v) is 7.30. The number of aryl methyl sites for hydroxylation is 1. The highest BCUT2D eigenvalue weighted by atomic mass is 127. The Morgan fingerprint density at radius 1 is 1.29 bits per heavy atom. The number of hydrogen-bond donors (Lipinski definition) is 0. The van der Waals surface area contributed by atoms with Gasteiger partial charge >= 0.3 is 0 Å². The van der Waals surface area contributed by atoms with Gasteiger partial charge < -0.3 is 4.90 Å². The normalized spacial score (nSPS) is 25.1. The standard InChI is InChI=1S/C12H17IN4/c1-9-14-11(13)7-12(15-9)17-6-5-16-4-2-3-10(16)8-17/h7,10H,2-6,8H2,1H3/t10-/m0/s1. The molecule has 2 fully saturated rings. The molecule has 0 spiro atoms. The van der Waals surface area contributed by atoms with Gasteiger partial charge in [-0.2, -0.15) is 0 Å². The van der Waals surface area contributed by atoms with Crippen LogP contribution in [0.3, 0.4) is 0 Å². The molecule has 2 aliphatic rings. The molecule has 1 aromatic heterocycles. The second-order valence-electron chi connectivity index (χ2n) is 4.87. The summed E-state index contributed by atoms with van der Waals surface area (Å²) in [6, 6.07) is 2.84. The Labute approximate surface area is 116 Å². The summed E-state index contributed by atoms with van der Waals surface area (Å²) in [6.45, 7) is 6.68. The van der Waals surface area contributed by atoms with E-state index >= 15 is 0 Å². The number of hydrogen-bond acceptors (Lipinski definition) is 4. The lowest BCUT2D eigenvalue weighted by atomic mass is 10.1. The van der Waals surface area contributed by atoms with Gasteiger partial charge in [-0.25, -0.2) is 9.97 Å². The molecule has 0 radical (unpaired) electrons. The zero-order valence-corrected chi connectivity index (χ0v) is 12.2. The molecule has 0 aliphatic carbocycles. The molecular formula is C12H17IN4. The minimum absolute atomic E-state index is 0.747. The van der Waals surface area contributed by atoms with Crippen molar-refractivity contribution >= 4 is 28.4 Å². The highest BCUT2D eigenvalue weighted by Gasteiger charge is 2.31. The Balaban J connectivity index is 1.80. The lowest BCUT2D eigenvalue weighted by Gasteiger charge is -2.38. The Hall–Kier alpha value is -0.430. The quantitative estimate of drug-likeness (QED) is 0.573. The van der Waals surface area contributed by atoms with Crippen molar-refractivity contribution in [2.24, 2.45) is 0 Å². The molecule has 92 valence electrons. The van der Waals surface area contributed by atoms with Crippen molar-refractivity contribution in [3.63, 3.8) is 0 Å². The third kappa shape index (κ3) is 2.40. The summed E-state index contributed by atoms with van der Waals surface area (Å²) in [7, 11) is 0. The summed E-state index contributed by atoms with van der Waals surface area (Å²) in [5.74, 6) is 1.98. The summed E-state index contributed by atoms with van der Waals surface area (Å²) < 4.78 is 1.04. The van der Waals surface area contributed by atoms with E-state index in [0.29, 0.717) is 0 Å². The molecule has 0 N–H and O–H groups in total. The average molecular weight is 344 g/mol. The zero-order valence-electron chi connectivity index (χ0n) is 10.1. The van der Waals surface area contributed by atoms with E-state index in [4.69, 9.17) is 0 Å². The smallest absolute Gasteiger partial charge is 0.133 e. The van der Waals surface area contributed by atoms with Crippen LogP contribution in [0.4, 0.5) is 5.82 Å². The van der Waals surface area contributed by atoms with E-state index in [9.17, 15) is 0 Å². The van der Waals surface area contributed by atoms with Gasteiger partial charge in [0, 0.05) is 31.7 Å². The fourth-order valence-corrected chi connectivity index (χ4v) is 3.51. The van der Waals surface area contributed by atoms with Crippen LogP contribution in [-0.4, -0.2) is 47.1 Å². The highest BCUT2D eigenvalue weighted by molar-refractivity contribution is 14.1. The van der Waals surface area contributed by atoms with Gasteiger partial charge in [-0.05, 0) is 48.9 Å². The zero-order chi connectivity index (χ0) is 11.8. The highest BCUT2D eigenvalue weighted by Crippen LogP contribution is 2.24. The van der Waals surface area contributed by atoms with Gasteiger partial charge in [0.25, 0.3) is 0 Å². The minimum Gasteiger partial charge on any atom is -0.354 e. The molecule has 2 aliphatic heterocycles. The Kier molecular flexibility index (Phi) is 3.21. The first kappa shape index (κ1) is 11.6. The van der Waals surface area contributed by atoms with Crippen molar-refractivity contribution in [3.8, 4) is 0 Å². The molecule has 1 atom stereocenters. The van der Waals surface area contributed by atoms with Crippen molar-refractivity contribution in [2.75, 3.05) is 31.1 Å². The van der Waals surface area contributed by atoms with Gasteiger partial charge in [0.2, 0.25) is 0 Å². The maximum Gasteiger partial charge on any atom is 0.133 e. The molecule has 0 amide bonds. The van der Waals surface area contributed by atoms with Crippen LogP contribution in [0.1, 0.15) is 18.7 Å². The summed E-state index contributed by atoms with van der Waals surface area (Å²) in [4.78, 5) is 13.9. The van der Waals surface area contributed by atoms with Crippen LogP contribution in [-0.2, 0) is 0 Å². The Bertz CT molecular complexity index is 403. The SMILES string of the molecule is Cc1nc(I)cc(N2CCN3CCC[C@H]3C2)n1. The van der Waals surface area contributed by atoms with E-state index in [0.717, 1.165) is 34.5 Å². The van der Waals surface area contributed by atoms with Gasteiger partial charge in [-0.3, -0.25) is 4.90 Å². The van der Waals surface area contributed by atoms with E-state index in [-0.39, 0.29) is 0 Å². The molecular weight excluding hydrogens is 327 g/mol. The molecule has 0 aromatic carbocycles. The Morgan fingerprint density at radius 3 is 3.00 bits per heavy atom. The molecule has 5 heteroatoms. The molecule has 0 saturated carbocycles. The second kappa shape index (κ2) is 4.68. The van der Waals surface area contributed by atoms with Gasteiger partial charge in [-0.15, -0.1) is 0 Å². The van der Waals surface area contributed by atoms with Crippen LogP contribution in [0.15, 0.2) is 6.07 Å². The van der Waals surface area contributed by atoms with Crippen molar-refractivity contribution in [1.29, 1.82) is 0 Å². The van der Waals surface area contributed by atoms with E-state index in [2.05, 4.69) is 48.4 Å². The van der Waals surface area contributed by atoms with E-state index in [1.165, 1.54) is 25.9 Å². The number of rotatable bonds is 1. The van der Waals surface area contributed by atoms with Crippen LogP contribution in [0, 0.1) is 10.6 Å². The molecule has 4 nitrogen and oxygen atoms in total. The monoisotopic (exact) mass is 344 g/mol. The third-order valence-corrected chi connectivity index (χ3v) is 4.26. The number of halogens is 1. The van der Waals surface area contributed by atoms with Crippen LogP contribution in [0.5, 0.6) is 0 Å². The van der Waals surface area contributed by atoms with Crippen molar-refractivity contribution in [3.05, 3.63) is 15.6 Å². The minimum atomic E-state index is 0.747. The second-order valence-corrected chi connectivity index (χ2v) is 5.98. The van der Waals surface area contributed by atoms with Crippen LogP contribution in [0.2, 0.25) is 0 Å². The van der Waals surface area contributed by atoms with Gasteiger partial charge in [0.1, 0.15) is 15.3 Å². The lowest BCUT2D eigenvalue weighted by Crippen LogP contribution is -2.50. The first-order valence-electron chi connectivity index (χ1n) is 6.22. The van der Waals surface area contributed by atoms with Crippen LogP contribution < -0.4 is 4.90 Å². The largest absolute Gasteiger partial charge is 0.354 e. The first-order chi connectivity index (χ1) is 8.22. The molecule has 1 aromatic rings. The number of anilines is 1. The topological polar surface area (TPSA) is 32.3 Å². The maximum absolute atomic E-state index is 4.56. The summed E-state index contributed by atoms with van der Waals surface area (Å²) in [5.41, 5.74) is 0. The molecule has 3 rings (SSSR count). The van der Waals surface area contributed by atoms with Crippen LogP contribution >= 0.6 is 22.6 Å².